The molecule has 3 N–H and O–H groups in total. The standard InChI is InChI=1S/C8H12N2OS/c1-6-2-3-7(12-6)4-10-5-8(9)11/h2-3,10H,4-5H2,1H3,(H2,9,11). The minimum absolute atomic E-state index is 0.247. The largest absolute Gasteiger partial charge is 0.369 e. The summed E-state index contributed by atoms with van der Waals surface area (Å²) in [6, 6.07) is 4.11. The van der Waals surface area contributed by atoms with Gasteiger partial charge in [0.1, 0.15) is 0 Å². The van der Waals surface area contributed by atoms with E-state index in [1.165, 1.54) is 9.75 Å². The smallest absolute Gasteiger partial charge is 0.231 e. The fraction of sp³-hybridized carbons (Fsp3) is 0.375. The van der Waals surface area contributed by atoms with Crippen LogP contribution in [-0.4, -0.2) is 12.5 Å². The van der Waals surface area contributed by atoms with Gasteiger partial charge in [-0.05, 0) is 19.1 Å². The molecule has 1 heterocycles. The van der Waals surface area contributed by atoms with E-state index in [1.54, 1.807) is 11.3 Å². The van der Waals surface area contributed by atoms with Gasteiger partial charge in [0.05, 0.1) is 6.54 Å². The summed E-state index contributed by atoms with van der Waals surface area (Å²) in [5, 5.41) is 2.95. The molecule has 0 atom stereocenters. The molecule has 1 amide bonds. The molecule has 1 aromatic heterocycles. The Morgan fingerprint density at radius 2 is 2.42 bits per heavy atom. The molecule has 66 valence electrons. The second kappa shape index (κ2) is 4.23. The third-order valence-corrected chi connectivity index (χ3v) is 2.40. The van der Waals surface area contributed by atoms with Crippen molar-refractivity contribution >= 4 is 17.2 Å². The molecule has 0 saturated heterocycles. The minimum atomic E-state index is -0.316. The average molecular weight is 184 g/mol. The molecule has 0 saturated carbocycles. The topological polar surface area (TPSA) is 55.1 Å². The number of rotatable bonds is 4. The van der Waals surface area contributed by atoms with Crippen molar-refractivity contribution in [1.29, 1.82) is 0 Å². The predicted octanol–water partition coefficient (Wildman–Crippen LogP) is 0.631. The molecule has 0 radical (unpaired) electrons. The summed E-state index contributed by atoms with van der Waals surface area (Å²) < 4.78 is 0. The van der Waals surface area contributed by atoms with E-state index in [2.05, 4.69) is 18.3 Å². The Morgan fingerprint density at radius 3 is 2.92 bits per heavy atom. The third kappa shape index (κ3) is 3.02. The number of aryl methyl sites for hydroxylation is 1. The van der Waals surface area contributed by atoms with Gasteiger partial charge in [0.25, 0.3) is 0 Å². The van der Waals surface area contributed by atoms with E-state index in [4.69, 9.17) is 5.73 Å². The average Bonchev–Trinajstić information content (AvgIpc) is 2.35. The number of hydrogen-bond donors (Lipinski definition) is 2. The van der Waals surface area contributed by atoms with E-state index in [0.29, 0.717) is 0 Å². The molecule has 12 heavy (non-hydrogen) atoms. The molecule has 3 nitrogen and oxygen atoms in total. The van der Waals surface area contributed by atoms with Crippen LogP contribution in [0.25, 0.3) is 0 Å². The Labute approximate surface area is 75.6 Å². The van der Waals surface area contributed by atoms with Gasteiger partial charge in [-0.15, -0.1) is 11.3 Å². The van der Waals surface area contributed by atoms with Crippen molar-refractivity contribution in [3.05, 3.63) is 21.9 Å². The van der Waals surface area contributed by atoms with Gasteiger partial charge < -0.3 is 11.1 Å². The maximum absolute atomic E-state index is 10.4. The summed E-state index contributed by atoms with van der Waals surface area (Å²) in [6.07, 6.45) is 0. The van der Waals surface area contributed by atoms with Crippen molar-refractivity contribution < 1.29 is 4.79 Å². The lowest BCUT2D eigenvalue weighted by molar-refractivity contribution is -0.117. The zero-order valence-electron chi connectivity index (χ0n) is 6.96. The highest BCUT2D eigenvalue weighted by atomic mass is 32.1. The van der Waals surface area contributed by atoms with Gasteiger partial charge in [-0.25, -0.2) is 0 Å². The number of thiophene rings is 1. The highest BCUT2D eigenvalue weighted by Crippen LogP contribution is 2.13. The Bertz CT molecular complexity index is 270. The number of hydrogen-bond acceptors (Lipinski definition) is 3. The Balaban J connectivity index is 2.29. The second-order valence-corrected chi connectivity index (χ2v) is 3.95. The summed E-state index contributed by atoms with van der Waals surface area (Å²) in [5.74, 6) is -0.316. The Morgan fingerprint density at radius 1 is 1.67 bits per heavy atom. The van der Waals surface area contributed by atoms with Gasteiger partial charge in [-0.1, -0.05) is 0 Å². The summed E-state index contributed by atoms with van der Waals surface area (Å²) in [7, 11) is 0. The number of amides is 1. The van der Waals surface area contributed by atoms with E-state index >= 15 is 0 Å². The first-order valence-electron chi connectivity index (χ1n) is 3.73. The first kappa shape index (κ1) is 9.22. The van der Waals surface area contributed by atoms with Crippen LogP contribution in [0.3, 0.4) is 0 Å². The van der Waals surface area contributed by atoms with Crippen molar-refractivity contribution in [2.24, 2.45) is 5.73 Å². The van der Waals surface area contributed by atoms with Crippen LogP contribution in [0.15, 0.2) is 12.1 Å². The summed E-state index contributed by atoms with van der Waals surface area (Å²) in [4.78, 5) is 12.9. The van der Waals surface area contributed by atoms with Crippen LogP contribution in [-0.2, 0) is 11.3 Å². The molecule has 0 aliphatic rings. The molecule has 0 aliphatic carbocycles. The molecule has 0 spiro atoms. The second-order valence-electron chi connectivity index (χ2n) is 2.58. The SMILES string of the molecule is Cc1ccc(CNCC(N)=O)s1. The Hall–Kier alpha value is -0.870. The highest BCUT2D eigenvalue weighted by molar-refractivity contribution is 7.11. The van der Waals surface area contributed by atoms with Crippen molar-refractivity contribution in [2.75, 3.05) is 6.54 Å². The fourth-order valence-corrected chi connectivity index (χ4v) is 1.75. The fourth-order valence-electron chi connectivity index (χ4n) is 0.889. The van der Waals surface area contributed by atoms with Gasteiger partial charge in [0.2, 0.25) is 5.91 Å². The van der Waals surface area contributed by atoms with E-state index in [1.807, 2.05) is 6.07 Å². The summed E-state index contributed by atoms with van der Waals surface area (Å²) >= 11 is 1.72. The summed E-state index contributed by atoms with van der Waals surface area (Å²) in [5.41, 5.74) is 4.96. The van der Waals surface area contributed by atoms with Crippen molar-refractivity contribution in [2.45, 2.75) is 13.5 Å². The molecular weight excluding hydrogens is 172 g/mol. The monoisotopic (exact) mass is 184 g/mol. The van der Waals surface area contributed by atoms with Crippen molar-refractivity contribution in [3.63, 3.8) is 0 Å². The lowest BCUT2D eigenvalue weighted by atomic mass is 10.4. The lowest BCUT2D eigenvalue weighted by Gasteiger charge is -1.97. The van der Waals surface area contributed by atoms with Crippen LogP contribution < -0.4 is 11.1 Å². The number of nitrogens with two attached hydrogens (primary N) is 1. The van der Waals surface area contributed by atoms with Crippen molar-refractivity contribution in [1.82, 2.24) is 5.32 Å². The molecular formula is C8H12N2OS. The zero-order valence-corrected chi connectivity index (χ0v) is 7.78. The van der Waals surface area contributed by atoms with E-state index < -0.39 is 0 Å². The van der Waals surface area contributed by atoms with E-state index in [0.717, 1.165) is 6.54 Å². The predicted molar refractivity (Wildman–Crippen MR) is 50.0 cm³/mol. The molecule has 0 bridgehead atoms. The molecule has 1 aromatic rings. The first-order chi connectivity index (χ1) is 5.68. The maximum atomic E-state index is 10.4. The summed E-state index contributed by atoms with van der Waals surface area (Å²) in [6.45, 7) is 3.03. The first-order valence-corrected chi connectivity index (χ1v) is 4.54. The van der Waals surface area contributed by atoms with Gasteiger partial charge in [-0.2, -0.15) is 0 Å². The van der Waals surface area contributed by atoms with Crippen LogP contribution >= 0.6 is 11.3 Å². The van der Waals surface area contributed by atoms with Gasteiger partial charge in [-0.3, -0.25) is 4.79 Å². The molecule has 1 rings (SSSR count). The van der Waals surface area contributed by atoms with Gasteiger partial charge in [0.15, 0.2) is 0 Å². The van der Waals surface area contributed by atoms with Gasteiger partial charge >= 0.3 is 0 Å². The number of nitrogens with one attached hydrogen (secondary N) is 1. The molecule has 0 aromatic carbocycles. The lowest BCUT2D eigenvalue weighted by Crippen LogP contribution is -2.27. The molecule has 0 unspecified atom stereocenters. The van der Waals surface area contributed by atoms with Gasteiger partial charge in [0, 0.05) is 16.3 Å². The minimum Gasteiger partial charge on any atom is -0.369 e. The van der Waals surface area contributed by atoms with Crippen LogP contribution in [0.5, 0.6) is 0 Å². The molecule has 0 fully saturated rings. The molecule has 4 heteroatoms. The number of carbonyl (C=O) groups is 1. The number of primary amides is 1. The third-order valence-electron chi connectivity index (χ3n) is 1.39. The van der Waals surface area contributed by atoms with E-state index in [9.17, 15) is 4.79 Å². The Kier molecular flexibility index (Phi) is 3.25. The van der Waals surface area contributed by atoms with Crippen molar-refractivity contribution in [3.8, 4) is 0 Å². The number of carbonyl (C=O) groups excluding carboxylic acids is 1. The van der Waals surface area contributed by atoms with Crippen LogP contribution in [0.1, 0.15) is 9.75 Å². The zero-order chi connectivity index (χ0) is 8.97. The van der Waals surface area contributed by atoms with Crippen LogP contribution in [0, 0.1) is 6.92 Å². The maximum Gasteiger partial charge on any atom is 0.231 e. The highest BCUT2D eigenvalue weighted by Gasteiger charge is 1.96. The van der Waals surface area contributed by atoms with E-state index in [-0.39, 0.29) is 12.5 Å². The quantitative estimate of drug-likeness (QED) is 0.721. The van der Waals surface area contributed by atoms with Crippen LogP contribution in [0.2, 0.25) is 0 Å². The van der Waals surface area contributed by atoms with Crippen LogP contribution in [0.4, 0.5) is 0 Å². The molecule has 0 aliphatic heterocycles. The normalized spacial score (nSPS) is 10.1.